The average Bonchev–Trinajstić information content (AvgIpc) is 3.42. The number of fused-ring (bicyclic) bond motifs is 1. The van der Waals surface area contributed by atoms with Crippen LogP contribution in [0.1, 0.15) is 32.4 Å². The van der Waals surface area contributed by atoms with Crippen molar-refractivity contribution in [3.63, 3.8) is 0 Å². The van der Waals surface area contributed by atoms with Gasteiger partial charge in [0.15, 0.2) is 4.91 Å². The fourth-order valence-electron chi connectivity index (χ4n) is 4.79. The Kier molecular flexibility index (Phi) is 9.63. The second kappa shape index (κ2) is 13.0. The zero-order valence-electron chi connectivity index (χ0n) is 22.5. The van der Waals surface area contributed by atoms with Crippen LogP contribution >= 0.6 is 0 Å². The van der Waals surface area contributed by atoms with E-state index in [0.717, 1.165) is 48.3 Å². The summed E-state index contributed by atoms with van der Waals surface area (Å²) in [6.07, 6.45) is -0.810. The third-order valence-electron chi connectivity index (χ3n) is 6.88. The lowest BCUT2D eigenvalue weighted by Crippen LogP contribution is -2.59. The monoisotopic (exact) mass is 569 g/mol. The van der Waals surface area contributed by atoms with Gasteiger partial charge in [-0.15, -0.1) is 0 Å². The van der Waals surface area contributed by atoms with Crippen molar-refractivity contribution in [2.45, 2.75) is 51.0 Å². The van der Waals surface area contributed by atoms with Crippen LogP contribution in [0.15, 0.2) is 57.9 Å². The first-order chi connectivity index (χ1) is 19.2. The molecule has 214 valence electrons. The van der Waals surface area contributed by atoms with Crippen LogP contribution in [0.3, 0.4) is 0 Å². The Labute approximate surface area is 234 Å². The zero-order valence-corrected chi connectivity index (χ0v) is 23.3. The lowest BCUT2D eigenvalue weighted by Gasteiger charge is -2.36. The molecule has 0 aliphatic carbocycles. The third-order valence-corrected chi connectivity index (χ3v) is 8.28. The first-order valence-corrected chi connectivity index (χ1v) is 14.8. The summed E-state index contributed by atoms with van der Waals surface area (Å²) in [4.78, 5) is 1.75. The molecule has 1 aliphatic rings. The Balaban J connectivity index is 1.53. The van der Waals surface area contributed by atoms with Crippen LogP contribution in [0.4, 0.5) is 5.69 Å². The SMILES string of the molecule is CCCN(CCC)c1ccc2cc(-c3ccc(/C=C(\C#N)S(=O)(=O)NC4CO[C@H](CO)[C@@H](O)[C@@H]4O)o3)ccc2c1. The molecule has 1 aliphatic heterocycles. The van der Waals surface area contributed by atoms with Gasteiger partial charge in [0, 0.05) is 30.4 Å². The summed E-state index contributed by atoms with van der Waals surface area (Å²) in [6, 6.07) is 16.0. The minimum Gasteiger partial charge on any atom is -0.457 e. The highest BCUT2D eigenvalue weighted by Gasteiger charge is 2.40. The van der Waals surface area contributed by atoms with E-state index in [4.69, 9.17) is 9.15 Å². The van der Waals surface area contributed by atoms with Crippen LogP contribution in [0.2, 0.25) is 0 Å². The number of nitrogens with one attached hydrogen (secondary N) is 1. The van der Waals surface area contributed by atoms with Gasteiger partial charge in [0.25, 0.3) is 10.0 Å². The Hall–Kier alpha value is -3.24. The van der Waals surface area contributed by atoms with E-state index in [2.05, 4.69) is 41.7 Å². The van der Waals surface area contributed by atoms with Crippen molar-refractivity contribution in [3.05, 3.63) is 59.2 Å². The van der Waals surface area contributed by atoms with E-state index in [-0.39, 0.29) is 12.4 Å². The van der Waals surface area contributed by atoms with E-state index in [1.165, 1.54) is 5.69 Å². The van der Waals surface area contributed by atoms with E-state index in [1.807, 2.05) is 18.2 Å². The van der Waals surface area contributed by atoms with Gasteiger partial charge in [-0.25, -0.2) is 13.1 Å². The van der Waals surface area contributed by atoms with Crippen LogP contribution in [-0.2, 0) is 14.8 Å². The molecule has 11 heteroatoms. The second-order valence-electron chi connectivity index (χ2n) is 9.82. The minimum absolute atomic E-state index is 0.156. The average molecular weight is 570 g/mol. The summed E-state index contributed by atoms with van der Waals surface area (Å²) in [5.41, 5.74) is 1.98. The van der Waals surface area contributed by atoms with Gasteiger partial charge < -0.3 is 29.4 Å². The molecule has 1 fully saturated rings. The molecule has 4 atom stereocenters. The highest BCUT2D eigenvalue weighted by atomic mass is 32.2. The highest BCUT2D eigenvalue weighted by Crippen LogP contribution is 2.30. The number of furan rings is 1. The molecular weight excluding hydrogens is 534 g/mol. The fraction of sp³-hybridized carbons (Fsp3) is 0.414. The molecule has 4 N–H and O–H groups in total. The maximum absolute atomic E-state index is 12.9. The van der Waals surface area contributed by atoms with Crippen LogP contribution in [0.25, 0.3) is 28.2 Å². The molecule has 3 aromatic rings. The van der Waals surface area contributed by atoms with E-state index in [9.17, 15) is 29.0 Å². The van der Waals surface area contributed by atoms with Gasteiger partial charge >= 0.3 is 0 Å². The molecule has 0 radical (unpaired) electrons. The molecule has 40 heavy (non-hydrogen) atoms. The van der Waals surface area contributed by atoms with Crippen LogP contribution in [0.5, 0.6) is 0 Å². The number of rotatable bonds is 11. The Morgan fingerprint density at radius 3 is 2.45 bits per heavy atom. The number of nitrogens with zero attached hydrogens (tertiary/aromatic N) is 2. The number of hydrogen-bond acceptors (Lipinski definition) is 9. The second-order valence-corrected chi connectivity index (χ2v) is 11.5. The number of aliphatic hydroxyl groups excluding tert-OH is 3. The topological polar surface area (TPSA) is 156 Å². The van der Waals surface area contributed by atoms with E-state index < -0.39 is 45.9 Å². The van der Waals surface area contributed by atoms with Gasteiger partial charge in [-0.05, 0) is 53.9 Å². The molecule has 10 nitrogen and oxygen atoms in total. The van der Waals surface area contributed by atoms with Crippen molar-refractivity contribution in [1.82, 2.24) is 4.72 Å². The molecule has 0 bridgehead atoms. The molecule has 1 unspecified atom stereocenters. The predicted octanol–water partition coefficient (Wildman–Crippen LogP) is 2.99. The smallest absolute Gasteiger partial charge is 0.251 e. The van der Waals surface area contributed by atoms with E-state index in [0.29, 0.717) is 5.76 Å². The number of aliphatic hydroxyl groups is 3. The van der Waals surface area contributed by atoms with Crippen LogP contribution in [0, 0.1) is 11.3 Å². The predicted molar refractivity (Wildman–Crippen MR) is 153 cm³/mol. The van der Waals surface area contributed by atoms with Crippen molar-refractivity contribution in [1.29, 1.82) is 5.26 Å². The summed E-state index contributed by atoms with van der Waals surface area (Å²) in [6.45, 7) is 5.52. The first-order valence-electron chi connectivity index (χ1n) is 13.3. The maximum atomic E-state index is 12.9. The fourth-order valence-corrected chi connectivity index (χ4v) is 5.91. The Morgan fingerprint density at radius 1 is 1.07 bits per heavy atom. The number of ether oxygens (including phenoxy) is 1. The van der Waals surface area contributed by atoms with Crippen molar-refractivity contribution in [3.8, 4) is 17.4 Å². The van der Waals surface area contributed by atoms with E-state index in [1.54, 1.807) is 18.2 Å². The first kappa shape index (κ1) is 29.7. The summed E-state index contributed by atoms with van der Waals surface area (Å²) < 4.78 is 39.0. The minimum atomic E-state index is -4.38. The van der Waals surface area contributed by atoms with Gasteiger partial charge in [-0.2, -0.15) is 5.26 Å². The normalized spacial score (nSPS) is 21.9. The molecule has 1 aromatic heterocycles. The Bertz CT molecular complexity index is 1490. The van der Waals surface area contributed by atoms with Crippen molar-refractivity contribution in [2.24, 2.45) is 0 Å². The van der Waals surface area contributed by atoms with Gasteiger partial charge in [0.1, 0.15) is 35.9 Å². The van der Waals surface area contributed by atoms with Gasteiger partial charge in [0.05, 0.1) is 19.3 Å². The van der Waals surface area contributed by atoms with Crippen molar-refractivity contribution in [2.75, 3.05) is 31.2 Å². The lowest BCUT2D eigenvalue weighted by molar-refractivity contribution is -0.158. The third kappa shape index (κ3) is 6.55. The molecule has 0 saturated carbocycles. The molecular formula is C29H35N3O7S. The molecule has 4 rings (SSSR count). The number of allylic oxidation sites excluding steroid dienone is 1. The van der Waals surface area contributed by atoms with Gasteiger partial charge in [-0.3, -0.25) is 0 Å². The maximum Gasteiger partial charge on any atom is 0.251 e. The largest absolute Gasteiger partial charge is 0.457 e. The Morgan fingerprint density at radius 2 is 1.77 bits per heavy atom. The number of benzene rings is 2. The van der Waals surface area contributed by atoms with Crippen LogP contribution < -0.4 is 9.62 Å². The molecule has 2 aromatic carbocycles. The van der Waals surface area contributed by atoms with Crippen molar-refractivity contribution >= 4 is 32.6 Å². The molecule has 1 saturated heterocycles. The van der Waals surface area contributed by atoms with E-state index >= 15 is 0 Å². The van der Waals surface area contributed by atoms with Crippen molar-refractivity contribution < 1.29 is 32.9 Å². The summed E-state index contributed by atoms with van der Waals surface area (Å²) >= 11 is 0. The number of anilines is 1. The summed E-state index contributed by atoms with van der Waals surface area (Å²) in [5, 5.41) is 41.2. The van der Waals surface area contributed by atoms with Gasteiger partial charge in [0.2, 0.25) is 0 Å². The molecule has 2 heterocycles. The van der Waals surface area contributed by atoms with Crippen LogP contribution in [-0.4, -0.2) is 74.4 Å². The standard InChI is InChI=1S/C29H35N3O7S/c1-3-11-32(12-4-2)22-8-7-19-13-21(6-5-20(19)14-22)26-10-9-23(39-26)15-24(16-30)40(36,37)31-25-18-38-27(17-33)29(35)28(25)34/h5-10,13-15,25,27-29,31,33-35H,3-4,11-12,17-18H2,1-2H3/b24-15+/t25?,27-,28-,29-/m1/s1. The highest BCUT2D eigenvalue weighted by molar-refractivity contribution is 7.93. The molecule has 0 amide bonds. The zero-order chi connectivity index (χ0) is 28.9. The number of hydrogen-bond donors (Lipinski definition) is 4. The summed E-state index contributed by atoms with van der Waals surface area (Å²) in [5.74, 6) is 0.663. The molecule has 0 spiro atoms. The lowest BCUT2D eigenvalue weighted by atomic mass is 9.99. The van der Waals surface area contributed by atoms with Gasteiger partial charge in [-0.1, -0.05) is 32.0 Å². The number of sulfonamides is 1. The number of nitriles is 1. The summed E-state index contributed by atoms with van der Waals surface area (Å²) in [7, 11) is -4.38. The quantitative estimate of drug-likeness (QED) is 0.255.